The Bertz CT molecular complexity index is 331. The molecule has 0 unspecified atom stereocenters. The van der Waals surface area contributed by atoms with E-state index < -0.39 is 5.97 Å². The summed E-state index contributed by atoms with van der Waals surface area (Å²) in [6.45, 7) is 13.6. The minimum atomic E-state index is -0.806. The lowest BCUT2D eigenvalue weighted by molar-refractivity contribution is -0.132. The van der Waals surface area contributed by atoms with Gasteiger partial charge in [0.05, 0.1) is 0 Å². The zero-order valence-corrected chi connectivity index (χ0v) is 11.3. The second kappa shape index (κ2) is 7.88. The average Bonchev–Trinajstić information content (AvgIpc) is 2.15. The summed E-state index contributed by atoms with van der Waals surface area (Å²) in [6.07, 6.45) is 4.40. The van der Waals surface area contributed by atoms with Gasteiger partial charge in [0.2, 0.25) is 0 Å². The van der Waals surface area contributed by atoms with Gasteiger partial charge in [-0.1, -0.05) is 23.3 Å². The van der Waals surface area contributed by atoms with Crippen molar-refractivity contribution in [3.63, 3.8) is 0 Å². The minimum Gasteiger partial charge on any atom is -0.478 e. The molecule has 96 valence electrons. The van der Waals surface area contributed by atoms with E-state index in [2.05, 4.69) is 13.2 Å². The van der Waals surface area contributed by atoms with Crippen LogP contribution in [0.15, 0.2) is 35.5 Å². The zero-order chi connectivity index (χ0) is 13.4. The lowest BCUT2D eigenvalue weighted by Gasteiger charge is -2.08. The molecule has 0 bridgehead atoms. The van der Waals surface area contributed by atoms with Crippen LogP contribution in [0, 0.1) is 0 Å². The molecule has 17 heavy (non-hydrogen) atoms. The van der Waals surface area contributed by atoms with Crippen LogP contribution in [0.3, 0.4) is 0 Å². The third-order valence-electron chi connectivity index (χ3n) is 2.72. The van der Waals surface area contributed by atoms with Gasteiger partial charge in [-0.25, -0.2) is 4.79 Å². The van der Waals surface area contributed by atoms with E-state index in [9.17, 15) is 4.79 Å². The molecule has 0 saturated heterocycles. The van der Waals surface area contributed by atoms with E-state index in [1.54, 1.807) is 0 Å². The molecule has 0 aromatic heterocycles. The molecule has 0 aliphatic heterocycles. The summed E-state index contributed by atoms with van der Waals surface area (Å²) < 4.78 is 0. The van der Waals surface area contributed by atoms with E-state index in [0.29, 0.717) is 12.0 Å². The molecule has 0 aromatic rings. The molecule has 0 spiro atoms. The molecule has 0 atom stereocenters. The molecule has 0 aliphatic rings. The van der Waals surface area contributed by atoms with E-state index in [1.165, 1.54) is 5.57 Å². The number of carbonyl (C=O) groups is 1. The van der Waals surface area contributed by atoms with Crippen LogP contribution < -0.4 is 0 Å². The van der Waals surface area contributed by atoms with Crippen LogP contribution in [0.1, 0.15) is 52.9 Å². The Labute approximate surface area is 105 Å². The summed E-state index contributed by atoms with van der Waals surface area (Å²) in [5.74, 6) is -0.806. The SMILES string of the molecule is C=C(C)CCCC(=C)CCC(C(=O)O)=C(C)C. The number of rotatable bonds is 8. The Hall–Kier alpha value is -1.31. The van der Waals surface area contributed by atoms with Gasteiger partial charge >= 0.3 is 5.97 Å². The summed E-state index contributed by atoms with van der Waals surface area (Å²) in [7, 11) is 0. The molecule has 2 heteroatoms. The fraction of sp³-hybridized carbons (Fsp3) is 0.533. The van der Waals surface area contributed by atoms with Gasteiger partial charge in [0.1, 0.15) is 0 Å². The third-order valence-corrected chi connectivity index (χ3v) is 2.72. The quantitative estimate of drug-likeness (QED) is 0.498. The van der Waals surface area contributed by atoms with Crippen LogP contribution in [-0.4, -0.2) is 11.1 Å². The maximum Gasteiger partial charge on any atom is 0.331 e. The van der Waals surface area contributed by atoms with Crippen LogP contribution >= 0.6 is 0 Å². The van der Waals surface area contributed by atoms with Crippen molar-refractivity contribution in [2.45, 2.75) is 52.9 Å². The first kappa shape index (κ1) is 15.7. The van der Waals surface area contributed by atoms with Crippen molar-refractivity contribution in [1.29, 1.82) is 0 Å². The van der Waals surface area contributed by atoms with Crippen molar-refractivity contribution < 1.29 is 9.90 Å². The fourth-order valence-corrected chi connectivity index (χ4v) is 1.64. The minimum absolute atomic E-state index is 0.519. The summed E-state index contributed by atoms with van der Waals surface area (Å²) in [5.41, 5.74) is 3.72. The Kier molecular flexibility index (Phi) is 7.27. The highest BCUT2D eigenvalue weighted by molar-refractivity contribution is 5.87. The third kappa shape index (κ3) is 7.56. The molecular weight excluding hydrogens is 212 g/mol. The van der Waals surface area contributed by atoms with Crippen LogP contribution in [0.25, 0.3) is 0 Å². The second-order valence-electron chi connectivity index (χ2n) is 4.84. The van der Waals surface area contributed by atoms with Crippen LogP contribution in [0.4, 0.5) is 0 Å². The smallest absolute Gasteiger partial charge is 0.331 e. The van der Waals surface area contributed by atoms with Crippen molar-refractivity contribution in [3.05, 3.63) is 35.5 Å². The van der Waals surface area contributed by atoms with E-state index in [4.69, 9.17) is 5.11 Å². The lowest BCUT2D eigenvalue weighted by atomic mass is 9.98. The normalized spacial score (nSPS) is 9.82. The Morgan fingerprint density at radius 2 is 1.59 bits per heavy atom. The molecule has 1 N–H and O–H groups in total. The highest BCUT2D eigenvalue weighted by Gasteiger charge is 2.09. The number of hydrogen-bond acceptors (Lipinski definition) is 1. The van der Waals surface area contributed by atoms with Crippen LogP contribution in [-0.2, 0) is 4.79 Å². The maximum atomic E-state index is 11.0. The molecule has 2 nitrogen and oxygen atoms in total. The highest BCUT2D eigenvalue weighted by Crippen LogP contribution is 2.18. The summed E-state index contributed by atoms with van der Waals surface area (Å²) in [6, 6.07) is 0. The molecule has 0 radical (unpaired) electrons. The first-order valence-electron chi connectivity index (χ1n) is 6.05. The monoisotopic (exact) mass is 236 g/mol. The fourth-order valence-electron chi connectivity index (χ4n) is 1.64. The molecule has 0 aromatic carbocycles. The average molecular weight is 236 g/mol. The van der Waals surface area contributed by atoms with Gasteiger partial charge in [-0.05, 0) is 52.9 Å². The van der Waals surface area contributed by atoms with E-state index in [0.717, 1.165) is 36.8 Å². The molecule has 0 heterocycles. The van der Waals surface area contributed by atoms with Crippen molar-refractivity contribution in [2.75, 3.05) is 0 Å². The van der Waals surface area contributed by atoms with Gasteiger partial charge in [-0.15, -0.1) is 6.58 Å². The Morgan fingerprint density at radius 1 is 1.00 bits per heavy atom. The first-order valence-corrected chi connectivity index (χ1v) is 6.05. The first-order chi connectivity index (χ1) is 7.84. The van der Waals surface area contributed by atoms with Gasteiger partial charge in [-0.2, -0.15) is 0 Å². The maximum absolute atomic E-state index is 11.0. The number of aliphatic carboxylic acids is 1. The van der Waals surface area contributed by atoms with Crippen molar-refractivity contribution in [3.8, 4) is 0 Å². The predicted molar refractivity (Wildman–Crippen MR) is 73.0 cm³/mol. The topological polar surface area (TPSA) is 37.3 Å². The highest BCUT2D eigenvalue weighted by atomic mass is 16.4. The largest absolute Gasteiger partial charge is 0.478 e. The molecule has 0 fully saturated rings. The van der Waals surface area contributed by atoms with Gasteiger partial charge in [-0.3, -0.25) is 0 Å². The van der Waals surface area contributed by atoms with E-state index >= 15 is 0 Å². The zero-order valence-electron chi connectivity index (χ0n) is 11.3. The summed E-state index contributed by atoms with van der Waals surface area (Å²) in [5, 5.41) is 9.01. The van der Waals surface area contributed by atoms with Crippen molar-refractivity contribution in [1.82, 2.24) is 0 Å². The number of hydrogen-bond donors (Lipinski definition) is 1. The molecule has 0 saturated carbocycles. The molecule has 0 rings (SSSR count). The van der Waals surface area contributed by atoms with Crippen LogP contribution in [0.5, 0.6) is 0 Å². The summed E-state index contributed by atoms with van der Waals surface area (Å²) in [4.78, 5) is 11.0. The molecular formula is C15H24O2. The lowest BCUT2D eigenvalue weighted by Crippen LogP contribution is -2.03. The Balaban J connectivity index is 4.03. The molecule has 0 aliphatic carbocycles. The van der Waals surface area contributed by atoms with Gasteiger partial charge in [0, 0.05) is 5.57 Å². The standard InChI is InChI=1S/C15H24O2/c1-11(2)7-6-8-13(5)9-10-14(12(3)4)15(16)17/h1,5-10H2,2-4H3,(H,16,17). The van der Waals surface area contributed by atoms with Gasteiger partial charge < -0.3 is 5.11 Å². The van der Waals surface area contributed by atoms with Gasteiger partial charge in [0.25, 0.3) is 0 Å². The van der Waals surface area contributed by atoms with Crippen LogP contribution in [0.2, 0.25) is 0 Å². The predicted octanol–water partition coefficient (Wildman–Crippen LogP) is 4.49. The van der Waals surface area contributed by atoms with Crippen molar-refractivity contribution in [2.24, 2.45) is 0 Å². The summed E-state index contributed by atoms with van der Waals surface area (Å²) >= 11 is 0. The van der Waals surface area contributed by atoms with E-state index in [-0.39, 0.29) is 0 Å². The molecule has 0 amide bonds. The number of allylic oxidation sites excluding steroid dienone is 3. The Morgan fingerprint density at radius 3 is 2.00 bits per heavy atom. The van der Waals surface area contributed by atoms with Crippen molar-refractivity contribution >= 4 is 5.97 Å². The van der Waals surface area contributed by atoms with E-state index in [1.807, 2.05) is 20.8 Å². The second-order valence-corrected chi connectivity index (χ2v) is 4.84. The number of carboxylic acids is 1. The van der Waals surface area contributed by atoms with Gasteiger partial charge in [0.15, 0.2) is 0 Å². The number of carboxylic acid groups (broad SMARTS) is 1.